The Labute approximate surface area is 164 Å². The van der Waals surface area contributed by atoms with Crippen molar-refractivity contribution < 1.29 is 14.3 Å². The Morgan fingerprint density at radius 3 is 2.54 bits per heavy atom. The molecule has 2 aromatic carbocycles. The first kappa shape index (κ1) is 18.4. The van der Waals surface area contributed by atoms with Gasteiger partial charge in [0.2, 0.25) is 5.89 Å². The highest BCUT2D eigenvalue weighted by atomic mass is 16.4. The van der Waals surface area contributed by atoms with E-state index in [0.29, 0.717) is 22.8 Å². The minimum Gasteiger partial charge on any atom is -0.436 e. The van der Waals surface area contributed by atoms with Gasteiger partial charge in [0.25, 0.3) is 5.91 Å². The second-order valence-corrected chi connectivity index (χ2v) is 7.42. The second kappa shape index (κ2) is 7.98. The maximum Gasteiger partial charge on any atom is 0.252 e. The molecule has 1 fully saturated rings. The lowest BCUT2D eigenvalue weighted by Crippen LogP contribution is -2.38. The predicted molar refractivity (Wildman–Crippen MR) is 108 cm³/mol. The number of benzene rings is 2. The minimum atomic E-state index is -0.243. The average molecular weight is 376 g/mol. The molecule has 3 aromatic rings. The van der Waals surface area contributed by atoms with Crippen LogP contribution in [0.25, 0.3) is 22.8 Å². The Morgan fingerprint density at radius 1 is 1.07 bits per heavy atom. The molecule has 0 atom stereocenters. The van der Waals surface area contributed by atoms with E-state index in [0.717, 1.165) is 31.2 Å². The molecule has 28 heavy (non-hydrogen) atoms. The van der Waals surface area contributed by atoms with E-state index >= 15 is 0 Å². The highest BCUT2D eigenvalue weighted by molar-refractivity contribution is 6.00. The van der Waals surface area contributed by atoms with Crippen molar-refractivity contribution in [3.63, 3.8) is 0 Å². The van der Waals surface area contributed by atoms with Crippen molar-refractivity contribution in [3.05, 3.63) is 65.9 Å². The summed E-state index contributed by atoms with van der Waals surface area (Å²) in [6.07, 6.45) is 4.50. The van der Waals surface area contributed by atoms with Crippen LogP contribution in [0.1, 0.15) is 41.6 Å². The number of hydrogen-bond acceptors (Lipinski definition) is 4. The first-order valence-corrected chi connectivity index (χ1v) is 9.71. The van der Waals surface area contributed by atoms with Gasteiger partial charge in [-0.15, -0.1) is 0 Å². The number of carbonyl (C=O) groups is 1. The summed E-state index contributed by atoms with van der Waals surface area (Å²) in [6.45, 7) is 2.04. The van der Waals surface area contributed by atoms with Crippen molar-refractivity contribution in [2.24, 2.45) is 0 Å². The maximum absolute atomic E-state index is 12.9. The molecular weight excluding hydrogens is 352 g/mol. The van der Waals surface area contributed by atoms with Gasteiger partial charge < -0.3 is 14.8 Å². The molecule has 5 nitrogen and oxygen atoms in total. The van der Waals surface area contributed by atoms with E-state index in [1.54, 1.807) is 12.3 Å². The number of hydrogen-bond donors (Lipinski definition) is 2. The van der Waals surface area contributed by atoms with Crippen LogP contribution >= 0.6 is 0 Å². The van der Waals surface area contributed by atoms with Crippen molar-refractivity contribution in [2.45, 2.75) is 44.8 Å². The summed E-state index contributed by atoms with van der Waals surface area (Å²) in [4.78, 5) is 17.3. The smallest absolute Gasteiger partial charge is 0.252 e. The maximum atomic E-state index is 12.9. The summed E-state index contributed by atoms with van der Waals surface area (Å²) < 4.78 is 5.97. The van der Waals surface area contributed by atoms with E-state index in [4.69, 9.17) is 4.42 Å². The zero-order valence-corrected chi connectivity index (χ0v) is 15.9. The third-order valence-corrected chi connectivity index (χ3v) is 5.28. The number of oxazole rings is 1. The van der Waals surface area contributed by atoms with E-state index in [9.17, 15) is 9.90 Å². The van der Waals surface area contributed by atoms with E-state index in [1.807, 2.05) is 49.4 Å². The van der Waals surface area contributed by atoms with E-state index in [2.05, 4.69) is 10.3 Å². The van der Waals surface area contributed by atoms with Crippen LogP contribution < -0.4 is 5.32 Å². The van der Waals surface area contributed by atoms with Crippen molar-refractivity contribution in [1.29, 1.82) is 0 Å². The first-order chi connectivity index (χ1) is 13.6. The molecule has 0 spiro atoms. The lowest BCUT2D eigenvalue weighted by Gasteiger charge is -2.26. The highest BCUT2D eigenvalue weighted by Crippen LogP contribution is 2.29. The fourth-order valence-corrected chi connectivity index (χ4v) is 3.60. The molecule has 0 radical (unpaired) electrons. The minimum absolute atomic E-state index is 0.0941. The number of aliphatic hydroxyl groups excluding tert-OH is 1. The second-order valence-electron chi connectivity index (χ2n) is 7.42. The summed E-state index contributed by atoms with van der Waals surface area (Å²) >= 11 is 0. The molecular formula is C23H24N2O3. The lowest BCUT2D eigenvalue weighted by molar-refractivity contribution is 0.0868. The highest BCUT2D eigenvalue weighted by Gasteiger charge is 2.23. The monoisotopic (exact) mass is 376 g/mol. The molecule has 1 aliphatic carbocycles. The number of amides is 1. The summed E-state index contributed by atoms with van der Waals surface area (Å²) in [5.41, 5.74) is 3.35. The summed E-state index contributed by atoms with van der Waals surface area (Å²) in [7, 11) is 0. The van der Waals surface area contributed by atoms with Crippen LogP contribution in [0.2, 0.25) is 0 Å². The van der Waals surface area contributed by atoms with Crippen LogP contribution in [-0.2, 0) is 0 Å². The standard InChI is InChI=1S/C23H24N2O3/c1-15-6-8-16(9-7-15)21-14-24-23(28-21)20-5-3-2-4-19(20)22(27)25-17-10-12-18(26)13-11-17/h2-9,14,17-18,26H,10-13H2,1H3,(H,25,27). The van der Waals surface area contributed by atoms with Gasteiger partial charge in [-0.05, 0) is 44.7 Å². The zero-order valence-electron chi connectivity index (χ0n) is 15.9. The molecule has 1 aromatic heterocycles. The largest absolute Gasteiger partial charge is 0.436 e. The number of nitrogens with zero attached hydrogens (tertiary/aromatic N) is 1. The summed E-state index contributed by atoms with van der Waals surface area (Å²) in [6, 6.07) is 15.5. The van der Waals surface area contributed by atoms with Gasteiger partial charge in [0.05, 0.1) is 17.9 Å². The third kappa shape index (κ3) is 3.99. The van der Waals surface area contributed by atoms with Gasteiger partial charge in [0, 0.05) is 17.2 Å². The molecule has 0 bridgehead atoms. The molecule has 2 N–H and O–H groups in total. The number of aliphatic hydroxyl groups is 1. The zero-order chi connectivity index (χ0) is 19.5. The molecule has 0 unspecified atom stereocenters. The molecule has 1 heterocycles. The number of nitrogens with one attached hydrogen (secondary N) is 1. The molecule has 1 aliphatic rings. The van der Waals surface area contributed by atoms with E-state index < -0.39 is 0 Å². The molecule has 0 saturated heterocycles. The Bertz CT molecular complexity index is 954. The number of aryl methyl sites for hydroxylation is 1. The van der Waals surface area contributed by atoms with Gasteiger partial charge in [0.15, 0.2) is 5.76 Å². The van der Waals surface area contributed by atoms with Gasteiger partial charge in [-0.1, -0.05) is 42.0 Å². The topological polar surface area (TPSA) is 75.4 Å². The average Bonchev–Trinajstić information content (AvgIpc) is 3.20. The Hall–Kier alpha value is -2.92. The van der Waals surface area contributed by atoms with Crippen LogP contribution in [0, 0.1) is 6.92 Å². The van der Waals surface area contributed by atoms with Crippen LogP contribution in [0.5, 0.6) is 0 Å². The van der Waals surface area contributed by atoms with Crippen LogP contribution in [0.15, 0.2) is 59.1 Å². The van der Waals surface area contributed by atoms with Gasteiger partial charge >= 0.3 is 0 Å². The Balaban J connectivity index is 1.56. The summed E-state index contributed by atoms with van der Waals surface area (Å²) in [5.74, 6) is 0.971. The SMILES string of the molecule is Cc1ccc(-c2cnc(-c3ccccc3C(=O)NC3CCC(O)CC3)o2)cc1. The van der Waals surface area contributed by atoms with Crippen LogP contribution in [0.3, 0.4) is 0 Å². The van der Waals surface area contributed by atoms with Gasteiger partial charge in [-0.25, -0.2) is 4.98 Å². The molecule has 4 rings (SSSR count). The van der Waals surface area contributed by atoms with Crippen molar-refractivity contribution in [1.82, 2.24) is 10.3 Å². The summed E-state index contributed by atoms with van der Waals surface area (Å²) in [5, 5.41) is 12.7. The van der Waals surface area contributed by atoms with Crippen molar-refractivity contribution in [2.75, 3.05) is 0 Å². The van der Waals surface area contributed by atoms with Crippen LogP contribution in [0.4, 0.5) is 0 Å². The number of carbonyl (C=O) groups excluding carboxylic acids is 1. The normalized spacial score (nSPS) is 19.4. The van der Waals surface area contributed by atoms with E-state index in [1.165, 1.54) is 5.56 Å². The van der Waals surface area contributed by atoms with E-state index in [-0.39, 0.29) is 18.1 Å². The quantitative estimate of drug-likeness (QED) is 0.710. The fourth-order valence-electron chi connectivity index (χ4n) is 3.60. The fraction of sp³-hybridized carbons (Fsp3) is 0.304. The van der Waals surface area contributed by atoms with Crippen molar-refractivity contribution in [3.8, 4) is 22.8 Å². The van der Waals surface area contributed by atoms with Gasteiger partial charge in [0.1, 0.15) is 0 Å². The Morgan fingerprint density at radius 2 is 1.79 bits per heavy atom. The predicted octanol–water partition coefficient (Wildman–Crippen LogP) is 4.35. The van der Waals surface area contributed by atoms with Gasteiger partial charge in [-0.2, -0.15) is 0 Å². The first-order valence-electron chi connectivity index (χ1n) is 9.71. The number of rotatable bonds is 4. The molecule has 0 aliphatic heterocycles. The molecule has 5 heteroatoms. The van der Waals surface area contributed by atoms with Gasteiger partial charge in [-0.3, -0.25) is 4.79 Å². The Kier molecular flexibility index (Phi) is 5.26. The molecule has 1 amide bonds. The molecule has 1 saturated carbocycles. The van der Waals surface area contributed by atoms with Crippen molar-refractivity contribution >= 4 is 5.91 Å². The molecule has 144 valence electrons. The number of aromatic nitrogens is 1. The third-order valence-electron chi connectivity index (χ3n) is 5.28. The lowest BCUT2D eigenvalue weighted by atomic mass is 9.93. The van der Waals surface area contributed by atoms with Crippen LogP contribution in [-0.4, -0.2) is 28.1 Å².